The zero-order chi connectivity index (χ0) is 18.8. The molecule has 0 bridgehead atoms. The first-order valence-electron chi connectivity index (χ1n) is 8.83. The van der Waals surface area contributed by atoms with Gasteiger partial charge in [0.25, 0.3) is 0 Å². The third-order valence-corrected chi connectivity index (χ3v) is 4.74. The number of hydrogen-bond acceptors (Lipinski definition) is 1. The third-order valence-electron chi connectivity index (χ3n) is 4.47. The first kappa shape index (κ1) is 17.4. The van der Waals surface area contributed by atoms with E-state index in [0.29, 0.717) is 11.0 Å². The lowest BCUT2D eigenvalue weighted by Crippen LogP contribution is -2.40. The highest BCUT2D eigenvalue weighted by atomic mass is 35.5. The number of ether oxygens (including phenoxy) is 1. The molecule has 0 unspecified atom stereocenters. The highest BCUT2D eigenvalue weighted by molar-refractivity contribution is 6.29. The zero-order valence-corrected chi connectivity index (χ0v) is 16.0. The SMILES string of the molecule is Cc1cccc(C)c1Oc1cc(Cl)n(-c2ccccc2)[n+]1-c1ccccc1. The maximum absolute atomic E-state index is 6.64. The number of nitrogens with zero attached hydrogens (tertiary/aromatic N) is 2. The second-order valence-corrected chi connectivity index (χ2v) is 6.81. The molecule has 3 nitrogen and oxygen atoms in total. The standard InChI is InChI=1S/C23H20ClN2O/c1-17-10-9-11-18(2)23(17)27-22-16-21(24)25(19-12-5-3-6-13-19)26(22)20-14-7-4-8-15-20/h3-16H,1-2H3/q+1. The molecule has 0 N–H and O–H groups in total. The molecule has 0 amide bonds. The van der Waals surface area contributed by atoms with E-state index in [1.165, 1.54) is 0 Å². The Kier molecular flexibility index (Phi) is 4.69. The lowest BCUT2D eigenvalue weighted by atomic mass is 10.1. The highest BCUT2D eigenvalue weighted by Crippen LogP contribution is 2.30. The number of halogens is 1. The molecular weight excluding hydrogens is 356 g/mol. The van der Waals surface area contributed by atoms with Crippen LogP contribution in [0.1, 0.15) is 11.1 Å². The van der Waals surface area contributed by atoms with Crippen LogP contribution in [0.3, 0.4) is 0 Å². The lowest BCUT2D eigenvalue weighted by Gasteiger charge is -2.09. The molecule has 3 aromatic carbocycles. The quantitative estimate of drug-likeness (QED) is 0.411. The maximum atomic E-state index is 6.64. The Morgan fingerprint density at radius 3 is 2.00 bits per heavy atom. The van der Waals surface area contributed by atoms with Crippen molar-refractivity contribution in [3.05, 3.63) is 101 Å². The molecule has 1 aromatic heterocycles. The van der Waals surface area contributed by atoms with Gasteiger partial charge in [-0.3, -0.25) is 0 Å². The maximum Gasteiger partial charge on any atom is 0.406 e. The van der Waals surface area contributed by atoms with Gasteiger partial charge < -0.3 is 4.74 Å². The van der Waals surface area contributed by atoms with Crippen molar-refractivity contribution in [2.75, 3.05) is 0 Å². The summed E-state index contributed by atoms with van der Waals surface area (Å²) in [5.41, 5.74) is 4.09. The van der Waals surface area contributed by atoms with Crippen molar-refractivity contribution < 1.29 is 9.42 Å². The summed E-state index contributed by atoms with van der Waals surface area (Å²) in [6.07, 6.45) is 0. The van der Waals surface area contributed by atoms with E-state index >= 15 is 0 Å². The Morgan fingerprint density at radius 2 is 1.37 bits per heavy atom. The van der Waals surface area contributed by atoms with Crippen LogP contribution < -0.4 is 9.42 Å². The minimum atomic E-state index is 0.575. The first-order chi connectivity index (χ1) is 13.1. The van der Waals surface area contributed by atoms with Gasteiger partial charge in [0.1, 0.15) is 11.4 Å². The van der Waals surface area contributed by atoms with Gasteiger partial charge in [0, 0.05) is 12.1 Å². The fraction of sp³-hybridized carbons (Fsp3) is 0.0870. The van der Waals surface area contributed by atoms with Crippen LogP contribution in [0.25, 0.3) is 11.4 Å². The molecule has 1 heterocycles. The van der Waals surface area contributed by atoms with Gasteiger partial charge in [-0.1, -0.05) is 66.2 Å². The average molecular weight is 376 g/mol. The summed E-state index contributed by atoms with van der Waals surface area (Å²) in [6.45, 7) is 4.09. The molecule has 0 aliphatic heterocycles. The second kappa shape index (κ2) is 7.29. The number of aromatic nitrogens is 2. The molecule has 4 heteroatoms. The van der Waals surface area contributed by atoms with Gasteiger partial charge in [-0.2, -0.15) is 0 Å². The molecule has 27 heavy (non-hydrogen) atoms. The molecule has 4 rings (SSSR count). The summed E-state index contributed by atoms with van der Waals surface area (Å²) < 4.78 is 10.3. The van der Waals surface area contributed by atoms with Crippen molar-refractivity contribution in [1.82, 2.24) is 4.68 Å². The molecule has 0 aliphatic carbocycles. The Bertz CT molecular complexity index is 1050. The van der Waals surface area contributed by atoms with Gasteiger partial charge in [0.15, 0.2) is 5.15 Å². The molecule has 0 saturated carbocycles. The normalized spacial score (nSPS) is 10.8. The van der Waals surface area contributed by atoms with Crippen LogP contribution in [0.15, 0.2) is 84.9 Å². The second-order valence-electron chi connectivity index (χ2n) is 6.42. The van der Waals surface area contributed by atoms with Gasteiger partial charge in [-0.25, -0.2) is 0 Å². The van der Waals surface area contributed by atoms with Crippen molar-refractivity contribution in [3.63, 3.8) is 0 Å². The van der Waals surface area contributed by atoms with Gasteiger partial charge in [0.05, 0.1) is 6.07 Å². The van der Waals surface area contributed by atoms with Crippen molar-refractivity contribution in [2.45, 2.75) is 13.8 Å². The fourth-order valence-electron chi connectivity index (χ4n) is 3.18. The largest absolute Gasteiger partial charge is 0.406 e. The number of rotatable bonds is 4. The van der Waals surface area contributed by atoms with Crippen LogP contribution in [0.4, 0.5) is 0 Å². The van der Waals surface area contributed by atoms with Crippen LogP contribution in [0.2, 0.25) is 5.15 Å². The molecule has 4 aromatic rings. The van der Waals surface area contributed by atoms with E-state index in [2.05, 4.69) is 0 Å². The van der Waals surface area contributed by atoms with Crippen LogP contribution in [-0.2, 0) is 0 Å². The van der Waals surface area contributed by atoms with Gasteiger partial charge in [-0.15, -0.1) is 4.68 Å². The Labute approximate surface area is 164 Å². The Hall–Kier alpha value is -3.04. The minimum Gasteiger partial charge on any atom is -0.403 e. The number of para-hydroxylation sites is 3. The number of aryl methyl sites for hydroxylation is 2. The Morgan fingerprint density at radius 1 is 0.778 bits per heavy atom. The van der Waals surface area contributed by atoms with Crippen LogP contribution in [-0.4, -0.2) is 4.68 Å². The lowest BCUT2D eigenvalue weighted by molar-refractivity contribution is -0.678. The summed E-state index contributed by atoms with van der Waals surface area (Å²) >= 11 is 6.64. The first-order valence-corrected chi connectivity index (χ1v) is 9.21. The van der Waals surface area contributed by atoms with E-state index in [1.807, 2.05) is 108 Å². The van der Waals surface area contributed by atoms with E-state index in [4.69, 9.17) is 16.3 Å². The fourth-order valence-corrected chi connectivity index (χ4v) is 3.44. The minimum absolute atomic E-state index is 0.575. The van der Waals surface area contributed by atoms with E-state index in [-0.39, 0.29) is 0 Å². The summed E-state index contributed by atoms with van der Waals surface area (Å²) in [6, 6.07) is 28.1. The smallest absolute Gasteiger partial charge is 0.403 e. The predicted molar refractivity (Wildman–Crippen MR) is 108 cm³/mol. The van der Waals surface area contributed by atoms with E-state index in [1.54, 1.807) is 0 Å². The van der Waals surface area contributed by atoms with E-state index in [0.717, 1.165) is 28.3 Å². The van der Waals surface area contributed by atoms with E-state index in [9.17, 15) is 0 Å². The van der Waals surface area contributed by atoms with Crippen molar-refractivity contribution in [1.29, 1.82) is 0 Å². The Balaban J connectivity index is 1.93. The summed E-state index contributed by atoms with van der Waals surface area (Å²) in [5, 5.41) is 0.575. The summed E-state index contributed by atoms with van der Waals surface area (Å²) in [4.78, 5) is 0. The summed E-state index contributed by atoms with van der Waals surface area (Å²) in [5.74, 6) is 1.51. The molecular formula is C23H20ClN2O+. The average Bonchev–Trinajstić information content (AvgIpc) is 3.02. The molecule has 0 saturated heterocycles. The van der Waals surface area contributed by atoms with Crippen molar-refractivity contribution in [2.24, 2.45) is 0 Å². The monoisotopic (exact) mass is 375 g/mol. The van der Waals surface area contributed by atoms with Gasteiger partial charge in [-0.05, 0) is 41.8 Å². The predicted octanol–water partition coefficient (Wildman–Crippen LogP) is 5.82. The van der Waals surface area contributed by atoms with Crippen molar-refractivity contribution in [3.8, 4) is 23.0 Å². The third kappa shape index (κ3) is 3.34. The zero-order valence-electron chi connectivity index (χ0n) is 15.3. The molecule has 0 aliphatic rings. The highest BCUT2D eigenvalue weighted by Gasteiger charge is 2.28. The van der Waals surface area contributed by atoms with Crippen LogP contribution in [0.5, 0.6) is 11.6 Å². The number of benzene rings is 3. The van der Waals surface area contributed by atoms with Crippen molar-refractivity contribution >= 4 is 11.6 Å². The molecule has 0 atom stereocenters. The molecule has 0 spiro atoms. The van der Waals surface area contributed by atoms with Crippen LogP contribution >= 0.6 is 11.6 Å². The van der Waals surface area contributed by atoms with Gasteiger partial charge in [0.2, 0.25) is 5.69 Å². The van der Waals surface area contributed by atoms with E-state index < -0.39 is 0 Å². The topological polar surface area (TPSA) is 18.0 Å². The molecule has 134 valence electrons. The molecule has 0 radical (unpaired) electrons. The molecule has 0 fully saturated rings. The van der Waals surface area contributed by atoms with Crippen LogP contribution in [0, 0.1) is 13.8 Å². The number of hydrogen-bond donors (Lipinski definition) is 0. The van der Waals surface area contributed by atoms with Gasteiger partial charge >= 0.3 is 5.88 Å². The summed E-state index contributed by atoms with van der Waals surface area (Å²) in [7, 11) is 0.